The van der Waals surface area contributed by atoms with Crippen LogP contribution in [-0.2, 0) is 20.9 Å². The van der Waals surface area contributed by atoms with Crippen LogP contribution in [-0.4, -0.2) is 39.2 Å². The Morgan fingerprint density at radius 3 is 1.30 bits per heavy atom. The smallest absolute Gasteiger partial charge is 0.483 e. The van der Waals surface area contributed by atoms with E-state index in [4.69, 9.17) is 8.76 Å². The molecule has 0 aromatic carbocycles. The first-order valence-electron chi connectivity index (χ1n) is 4.95. The summed E-state index contributed by atoms with van der Waals surface area (Å²) in [7, 11) is 0. The highest BCUT2D eigenvalue weighted by Crippen LogP contribution is 2.52. The molecule has 4 nitrogen and oxygen atoms in total. The SMILES string of the molecule is FC(F)=C(F)OC(F)(F)C(F)(OC(F)(F)C(F)(F)F)C(F)(F)F.O=S([O-])F. The second-order valence-corrected chi connectivity index (χ2v) is 3.94. The molecule has 0 bridgehead atoms. The summed E-state index contributed by atoms with van der Waals surface area (Å²) < 4.78 is 199. The molecule has 0 saturated heterocycles. The number of ether oxygens (including phenoxy) is 2. The van der Waals surface area contributed by atoms with Crippen LogP contribution >= 0.6 is 0 Å². The molecule has 20 heteroatoms. The molecule has 0 aliphatic rings. The van der Waals surface area contributed by atoms with Crippen molar-refractivity contribution in [1.29, 1.82) is 0 Å². The van der Waals surface area contributed by atoms with Gasteiger partial charge in [-0.1, -0.05) is 0 Å². The molecule has 0 heterocycles. The Hall–Kier alpha value is -1.44. The molecular formula is C7F15O4S-. The molecule has 0 saturated carbocycles. The van der Waals surface area contributed by atoms with Crippen molar-refractivity contribution in [3.8, 4) is 0 Å². The third-order valence-electron chi connectivity index (χ3n) is 1.70. The zero-order valence-electron chi connectivity index (χ0n) is 11.2. The molecule has 0 aliphatic carbocycles. The minimum Gasteiger partial charge on any atom is -0.746 e. The molecule has 0 fully saturated rings. The van der Waals surface area contributed by atoms with E-state index in [1.165, 1.54) is 4.74 Å². The molecule has 0 spiro atoms. The Morgan fingerprint density at radius 1 is 0.741 bits per heavy atom. The Kier molecular flexibility index (Phi) is 8.96. The lowest BCUT2D eigenvalue weighted by molar-refractivity contribution is -0.526. The zero-order valence-corrected chi connectivity index (χ0v) is 12.0. The van der Waals surface area contributed by atoms with Gasteiger partial charge in [0.25, 0.3) is 0 Å². The van der Waals surface area contributed by atoms with Gasteiger partial charge in [-0.3, -0.25) is 4.74 Å². The van der Waals surface area contributed by atoms with E-state index < -0.39 is 54.0 Å². The molecule has 27 heavy (non-hydrogen) atoms. The van der Waals surface area contributed by atoms with Crippen LogP contribution in [0.4, 0.5) is 65.4 Å². The highest BCUT2D eigenvalue weighted by atomic mass is 32.2. The molecule has 0 amide bonds. The molecule has 164 valence electrons. The predicted molar refractivity (Wildman–Crippen MR) is 48.4 cm³/mol. The van der Waals surface area contributed by atoms with Crippen molar-refractivity contribution in [2.24, 2.45) is 0 Å². The lowest BCUT2D eigenvalue weighted by atomic mass is 10.2. The van der Waals surface area contributed by atoms with Gasteiger partial charge in [0.05, 0.1) is 0 Å². The molecule has 0 N–H and O–H groups in total. The topological polar surface area (TPSA) is 58.6 Å². The maximum atomic E-state index is 13.1. The molecule has 2 unspecified atom stereocenters. The van der Waals surface area contributed by atoms with E-state index in [9.17, 15) is 65.4 Å². The molecule has 2 atom stereocenters. The molecule has 0 aliphatic heterocycles. The second kappa shape index (κ2) is 8.71. The maximum Gasteiger partial charge on any atom is 0.483 e. The van der Waals surface area contributed by atoms with Crippen LogP contribution in [0.3, 0.4) is 0 Å². The highest BCUT2D eigenvalue weighted by Gasteiger charge is 2.81. The monoisotopic (exact) mass is 465 g/mol. The lowest BCUT2D eigenvalue weighted by Gasteiger charge is -2.35. The summed E-state index contributed by atoms with van der Waals surface area (Å²) in [5.74, 6) is -7.34. The van der Waals surface area contributed by atoms with E-state index in [0.29, 0.717) is 0 Å². The minimum atomic E-state index is -7.39. The Bertz CT molecular complexity index is 545. The third kappa shape index (κ3) is 7.60. The fourth-order valence-corrected chi connectivity index (χ4v) is 0.734. The Morgan fingerprint density at radius 2 is 1.07 bits per heavy atom. The summed E-state index contributed by atoms with van der Waals surface area (Å²) in [6, 6.07) is -3.87. The van der Waals surface area contributed by atoms with Crippen molar-refractivity contribution >= 4 is 11.5 Å². The van der Waals surface area contributed by atoms with Crippen LogP contribution in [0.15, 0.2) is 12.1 Å². The first kappa shape index (κ1) is 27.8. The maximum absolute atomic E-state index is 13.1. The van der Waals surface area contributed by atoms with Crippen molar-refractivity contribution in [2.45, 2.75) is 30.4 Å². The summed E-state index contributed by atoms with van der Waals surface area (Å²) in [4.78, 5) is 0. The van der Waals surface area contributed by atoms with E-state index in [0.717, 1.165) is 0 Å². The van der Waals surface area contributed by atoms with Gasteiger partial charge in [-0.05, 0) is 0 Å². The normalized spacial score (nSPS) is 16.6. The van der Waals surface area contributed by atoms with Gasteiger partial charge in [0.2, 0.25) is 0 Å². The van der Waals surface area contributed by atoms with Crippen LogP contribution in [0.1, 0.15) is 0 Å². The summed E-state index contributed by atoms with van der Waals surface area (Å²) in [5.41, 5.74) is 0. The van der Waals surface area contributed by atoms with Crippen LogP contribution in [0.5, 0.6) is 0 Å². The minimum absolute atomic E-state index is 1.44. The first-order chi connectivity index (χ1) is 11.5. The van der Waals surface area contributed by atoms with Gasteiger partial charge in [0.1, 0.15) is 11.5 Å². The van der Waals surface area contributed by atoms with Gasteiger partial charge in [-0.15, -0.1) is 3.89 Å². The highest BCUT2D eigenvalue weighted by molar-refractivity contribution is 7.73. The van der Waals surface area contributed by atoms with E-state index in [1.807, 2.05) is 4.74 Å². The van der Waals surface area contributed by atoms with E-state index >= 15 is 0 Å². The number of alkyl halides is 11. The van der Waals surface area contributed by atoms with E-state index in [-0.39, 0.29) is 0 Å². The summed E-state index contributed by atoms with van der Waals surface area (Å²) in [6.45, 7) is 0. The number of rotatable bonds is 5. The van der Waals surface area contributed by atoms with Gasteiger partial charge in [0, 0.05) is 0 Å². The Balaban J connectivity index is 0. The van der Waals surface area contributed by atoms with Crippen LogP contribution in [0.25, 0.3) is 0 Å². The largest absolute Gasteiger partial charge is 0.746 e. The van der Waals surface area contributed by atoms with Crippen molar-refractivity contribution in [3.05, 3.63) is 12.1 Å². The van der Waals surface area contributed by atoms with Crippen LogP contribution < -0.4 is 0 Å². The molecule has 0 radical (unpaired) electrons. The van der Waals surface area contributed by atoms with Crippen molar-refractivity contribution in [3.63, 3.8) is 0 Å². The quantitative estimate of drug-likeness (QED) is 0.254. The van der Waals surface area contributed by atoms with Crippen molar-refractivity contribution < 1.29 is 83.6 Å². The van der Waals surface area contributed by atoms with Gasteiger partial charge in [-0.2, -0.15) is 61.5 Å². The first-order valence-corrected chi connectivity index (χ1v) is 5.93. The van der Waals surface area contributed by atoms with Gasteiger partial charge in [0.15, 0.2) is 0 Å². The Labute approximate surface area is 139 Å². The third-order valence-corrected chi connectivity index (χ3v) is 1.70. The molecule has 0 aromatic rings. The average Bonchev–Trinajstić information content (AvgIpc) is 2.33. The van der Waals surface area contributed by atoms with Gasteiger partial charge >= 0.3 is 42.5 Å². The van der Waals surface area contributed by atoms with Gasteiger partial charge in [-0.25, -0.2) is 4.21 Å². The van der Waals surface area contributed by atoms with E-state index in [1.54, 1.807) is 0 Å². The predicted octanol–water partition coefficient (Wildman–Crippen LogP) is 4.78. The zero-order chi connectivity index (χ0) is 22.6. The summed E-state index contributed by atoms with van der Waals surface area (Å²) >= 11 is -3.36. The average molecular weight is 465 g/mol. The van der Waals surface area contributed by atoms with Crippen LogP contribution in [0.2, 0.25) is 0 Å². The lowest BCUT2D eigenvalue weighted by Crippen LogP contribution is -2.62. The standard InChI is InChI=1S/C7F14O2.FHO2S/c8-1(9)2(10)22-6(18,19)3(11,4(12,13)14)23-7(20,21)5(15,16)17;1-4(2)3/h;(H,2,3)/p-1. The molecule has 0 rings (SSSR count). The van der Waals surface area contributed by atoms with Crippen molar-refractivity contribution in [1.82, 2.24) is 0 Å². The number of halogens is 15. The van der Waals surface area contributed by atoms with Crippen LogP contribution in [0, 0.1) is 0 Å². The summed E-state index contributed by atoms with van der Waals surface area (Å²) in [6.07, 6.45) is -32.7. The number of hydrogen-bond acceptors (Lipinski definition) is 4. The summed E-state index contributed by atoms with van der Waals surface area (Å²) in [5, 5.41) is 0. The van der Waals surface area contributed by atoms with Crippen molar-refractivity contribution in [2.75, 3.05) is 0 Å². The van der Waals surface area contributed by atoms with E-state index in [2.05, 4.69) is 0 Å². The molecular weight excluding hydrogens is 465 g/mol. The number of hydrogen-bond donors (Lipinski definition) is 0. The fourth-order valence-electron chi connectivity index (χ4n) is 0.734. The van der Waals surface area contributed by atoms with Gasteiger partial charge < -0.3 is 9.29 Å². The second-order valence-electron chi connectivity index (χ2n) is 3.56. The molecule has 0 aromatic heterocycles. The fraction of sp³-hybridized carbons (Fsp3) is 0.714.